The minimum atomic E-state index is -4.26. The first kappa shape index (κ1) is 26.2. The molecule has 0 unspecified atom stereocenters. The second-order valence-electron chi connectivity index (χ2n) is 8.74. The van der Waals surface area contributed by atoms with Crippen molar-refractivity contribution in [3.8, 4) is 0 Å². The van der Waals surface area contributed by atoms with E-state index in [4.69, 9.17) is 27.9 Å². The van der Waals surface area contributed by atoms with Crippen LogP contribution in [0.25, 0.3) is 16.5 Å². The van der Waals surface area contributed by atoms with Gasteiger partial charge < -0.3 is 14.7 Å². The maximum atomic E-state index is 13.4. The highest BCUT2D eigenvalue weighted by atomic mass is 35.5. The van der Waals surface area contributed by atoms with Gasteiger partial charge in [0.2, 0.25) is 0 Å². The number of anilines is 1. The lowest BCUT2D eigenvalue weighted by Gasteiger charge is -2.33. The van der Waals surface area contributed by atoms with Crippen LogP contribution >= 0.6 is 23.2 Å². The molecular weight excluding hydrogens is 551 g/mol. The van der Waals surface area contributed by atoms with E-state index in [1.54, 1.807) is 18.2 Å². The molecule has 2 aliphatic rings. The van der Waals surface area contributed by atoms with Gasteiger partial charge in [0.1, 0.15) is 12.4 Å². The third-order valence-electron chi connectivity index (χ3n) is 6.21. The third-order valence-corrected chi connectivity index (χ3v) is 8.40. The summed E-state index contributed by atoms with van der Waals surface area (Å²) in [4.78, 5) is 13.6. The lowest BCUT2D eigenvalue weighted by molar-refractivity contribution is -0.135. The number of morpholine rings is 1. The van der Waals surface area contributed by atoms with Crippen LogP contribution in [-0.2, 0) is 19.6 Å². The van der Waals surface area contributed by atoms with Crippen LogP contribution in [0.5, 0.6) is 0 Å². The zero-order valence-corrected chi connectivity index (χ0v) is 22.4. The lowest BCUT2D eigenvalue weighted by Crippen LogP contribution is -2.45. The molecule has 5 rings (SSSR count). The fourth-order valence-electron chi connectivity index (χ4n) is 4.33. The molecule has 3 N–H and O–H groups in total. The molecule has 1 fully saturated rings. The normalized spacial score (nSPS) is 15.8. The molecule has 0 radical (unpaired) electrons. The van der Waals surface area contributed by atoms with Crippen molar-refractivity contribution in [2.75, 3.05) is 37.2 Å². The van der Waals surface area contributed by atoms with Gasteiger partial charge in [-0.15, -0.1) is 0 Å². The fraction of sp³-hybridized carbons (Fsp3) is 0.192. The predicted molar refractivity (Wildman–Crippen MR) is 147 cm³/mol. The first-order valence-electron chi connectivity index (χ1n) is 11.7. The maximum Gasteiger partial charge on any atom is 0.324 e. The number of hydrazine groups is 1. The summed E-state index contributed by atoms with van der Waals surface area (Å²) in [6.45, 7) is 2.26. The zero-order valence-electron chi connectivity index (χ0n) is 20.0. The number of ether oxygens (including phenoxy) is 1. The number of nitrogens with zero attached hydrogens (tertiary/aromatic N) is 2. The Morgan fingerprint density at radius 1 is 0.947 bits per heavy atom. The molecule has 1 saturated heterocycles. The van der Waals surface area contributed by atoms with Crippen LogP contribution in [0, 0.1) is 0 Å². The van der Waals surface area contributed by atoms with Gasteiger partial charge >= 0.3 is 5.97 Å². The van der Waals surface area contributed by atoms with Crippen molar-refractivity contribution in [1.29, 1.82) is 0 Å². The molecule has 2 heterocycles. The van der Waals surface area contributed by atoms with Crippen molar-refractivity contribution in [2.24, 2.45) is 0 Å². The Bertz CT molecular complexity index is 1550. The van der Waals surface area contributed by atoms with Crippen LogP contribution in [0.1, 0.15) is 5.56 Å². The molecule has 2 aliphatic heterocycles. The molecule has 0 spiro atoms. The summed E-state index contributed by atoms with van der Waals surface area (Å²) in [6, 6.07) is 14.6. The van der Waals surface area contributed by atoms with Crippen LogP contribution in [0.2, 0.25) is 10.0 Å². The van der Waals surface area contributed by atoms with Crippen molar-refractivity contribution in [3.05, 3.63) is 88.2 Å². The van der Waals surface area contributed by atoms with Crippen molar-refractivity contribution in [3.63, 3.8) is 0 Å². The molecule has 0 aromatic heterocycles. The number of carboxylic acid groups (broad SMARTS) is 1. The Morgan fingerprint density at radius 3 is 2.29 bits per heavy atom. The van der Waals surface area contributed by atoms with Crippen molar-refractivity contribution >= 4 is 61.4 Å². The van der Waals surface area contributed by atoms with Crippen LogP contribution in [-0.4, -0.2) is 57.2 Å². The summed E-state index contributed by atoms with van der Waals surface area (Å²) < 4.78 is 33.1. The summed E-state index contributed by atoms with van der Waals surface area (Å²) in [5.41, 5.74) is 8.48. The van der Waals surface area contributed by atoms with E-state index in [2.05, 4.69) is 15.8 Å². The van der Waals surface area contributed by atoms with Gasteiger partial charge in [-0.3, -0.25) is 20.0 Å². The number of benzene rings is 3. The van der Waals surface area contributed by atoms with Crippen LogP contribution in [0.15, 0.2) is 77.5 Å². The molecule has 198 valence electrons. The average molecular weight is 575 g/mol. The third kappa shape index (κ3) is 5.53. The summed E-state index contributed by atoms with van der Waals surface area (Å²) in [5, 5.41) is 11.3. The molecule has 0 bridgehead atoms. The van der Waals surface area contributed by atoms with Crippen LogP contribution in [0.3, 0.4) is 0 Å². The van der Waals surface area contributed by atoms with E-state index in [9.17, 15) is 18.3 Å². The number of rotatable bonds is 7. The van der Waals surface area contributed by atoms with E-state index in [-0.39, 0.29) is 20.6 Å². The van der Waals surface area contributed by atoms with Crippen LogP contribution < -0.4 is 15.2 Å². The van der Waals surface area contributed by atoms with Gasteiger partial charge in [0.15, 0.2) is 0 Å². The Kier molecular flexibility index (Phi) is 7.40. The summed E-state index contributed by atoms with van der Waals surface area (Å²) in [5.74, 6) is -0.326. The van der Waals surface area contributed by atoms with Gasteiger partial charge in [-0.2, -0.15) is 0 Å². The molecular formula is C26H24Cl2N4O5S. The number of sulfonamides is 1. The number of halogens is 2. The van der Waals surface area contributed by atoms with Gasteiger partial charge in [-0.25, -0.2) is 8.42 Å². The maximum absolute atomic E-state index is 13.4. The smallest absolute Gasteiger partial charge is 0.324 e. The van der Waals surface area contributed by atoms with Crippen molar-refractivity contribution < 1.29 is 23.1 Å². The van der Waals surface area contributed by atoms with Gasteiger partial charge in [0.25, 0.3) is 10.0 Å². The summed E-state index contributed by atoms with van der Waals surface area (Å²) >= 11 is 12.0. The molecule has 12 heteroatoms. The molecule has 0 atom stereocenters. The summed E-state index contributed by atoms with van der Waals surface area (Å²) in [7, 11) is -4.26. The van der Waals surface area contributed by atoms with E-state index in [1.807, 2.05) is 30.4 Å². The average Bonchev–Trinajstić information content (AvgIpc) is 2.91. The highest BCUT2D eigenvalue weighted by Crippen LogP contribution is 2.31. The Morgan fingerprint density at radius 2 is 1.63 bits per heavy atom. The first-order valence-corrected chi connectivity index (χ1v) is 13.9. The monoisotopic (exact) mass is 574 g/mol. The van der Waals surface area contributed by atoms with Gasteiger partial charge in [0, 0.05) is 28.7 Å². The van der Waals surface area contributed by atoms with E-state index < -0.39 is 22.5 Å². The number of aliphatic carboxylic acids is 1. The second-order valence-corrected chi connectivity index (χ2v) is 11.5. The van der Waals surface area contributed by atoms with E-state index in [0.29, 0.717) is 13.2 Å². The van der Waals surface area contributed by atoms with Crippen molar-refractivity contribution in [2.45, 2.75) is 4.90 Å². The van der Waals surface area contributed by atoms with E-state index >= 15 is 0 Å². The van der Waals surface area contributed by atoms with E-state index in [1.165, 1.54) is 18.2 Å². The van der Waals surface area contributed by atoms with Gasteiger partial charge in [-0.1, -0.05) is 41.4 Å². The quantitative estimate of drug-likeness (QED) is 0.387. The Hall–Kier alpha value is -3.44. The minimum absolute atomic E-state index is 0.129. The molecule has 0 aliphatic carbocycles. The highest BCUT2D eigenvalue weighted by Gasteiger charge is 2.28. The highest BCUT2D eigenvalue weighted by molar-refractivity contribution is 7.92. The number of fused-ring (bicyclic) bond motifs is 1. The Balaban J connectivity index is 1.45. The number of carbonyl (C=O) groups is 1. The fourth-order valence-corrected chi connectivity index (χ4v) is 6.47. The van der Waals surface area contributed by atoms with Crippen LogP contribution in [0.4, 0.5) is 5.69 Å². The number of hydrogen-bond donors (Lipinski definition) is 3. The number of carboxylic acids is 1. The minimum Gasteiger partial charge on any atom is -0.480 e. The topological polar surface area (TPSA) is 111 Å². The second kappa shape index (κ2) is 10.7. The van der Waals surface area contributed by atoms with Crippen molar-refractivity contribution in [1.82, 2.24) is 15.8 Å². The molecule has 9 nitrogen and oxygen atoms in total. The molecule has 3 aromatic rings. The number of allylic oxidation sites excluding steroid dienone is 2. The largest absolute Gasteiger partial charge is 0.480 e. The molecule has 0 amide bonds. The molecule has 0 saturated carbocycles. The standard InChI is InChI=1S/C26H24Cl2N4O5S/c27-20-13-21(28)15-23(14-20)38(35,36)32(16-26(33)34)22-4-3-17-11-19(2-1-18(17)12-22)24-5-6-25(30-29-24)31-7-9-37-10-8-31/h1-6,11-15,29-30H,7-10,16H2,(H,33,34). The Labute approximate surface area is 229 Å². The predicted octanol–water partition coefficient (Wildman–Crippen LogP) is 4.05. The molecule has 38 heavy (non-hydrogen) atoms. The lowest BCUT2D eigenvalue weighted by atomic mass is 10.0. The SMILES string of the molecule is O=C(O)CN(c1ccc2cc(C3=CC=C(N4CCOCC4)NN3)ccc2c1)S(=O)(=O)c1cc(Cl)cc(Cl)c1. The number of hydrogen-bond acceptors (Lipinski definition) is 7. The first-order chi connectivity index (χ1) is 18.2. The number of nitrogens with one attached hydrogen (secondary N) is 2. The zero-order chi connectivity index (χ0) is 26.9. The van der Waals surface area contributed by atoms with Gasteiger partial charge in [-0.05, 0) is 59.3 Å². The van der Waals surface area contributed by atoms with E-state index in [0.717, 1.165) is 45.2 Å². The van der Waals surface area contributed by atoms with Gasteiger partial charge in [0.05, 0.1) is 29.5 Å². The summed E-state index contributed by atoms with van der Waals surface area (Å²) in [6.07, 6.45) is 4.01. The molecule has 3 aromatic carbocycles.